The number of carbonyl (C=O) groups excluding carboxylic acids is 1. The Labute approximate surface area is 116 Å². The Kier molecular flexibility index (Phi) is 3.61. The molecule has 104 valence electrons. The van der Waals surface area contributed by atoms with Crippen LogP contribution >= 0.6 is 0 Å². The molecule has 1 amide bonds. The molecule has 2 rings (SSSR count). The molecule has 0 saturated heterocycles. The van der Waals surface area contributed by atoms with Crippen molar-refractivity contribution in [1.29, 1.82) is 0 Å². The zero-order valence-electron chi connectivity index (χ0n) is 11.5. The summed E-state index contributed by atoms with van der Waals surface area (Å²) in [6, 6.07) is 6.26. The predicted molar refractivity (Wildman–Crippen MR) is 74.3 cm³/mol. The van der Waals surface area contributed by atoms with Crippen LogP contribution in [-0.4, -0.2) is 17.0 Å². The van der Waals surface area contributed by atoms with Gasteiger partial charge >= 0.3 is 5.97 Å². The quantitative estimate of drug-likeness (QED) is 0.900. The van der Waals surface area contributed by atoms with Gasteiger partial charge in [-0.1, -0.05) is 6.07 Å². The largest absolute Gasteiger partial charge is 0.478 e. The molecule has 0 aliphatic rings. The van der Waals surface area contributed by atoms with Crippen molar-refractivity contribution < 1.29 is 19.1 Å². The van der Waals surface area contributed by atoms with E-state index in [1.54, 1.807) is 32.9 Å². The molecule has 0 saturated carbocycles. The summed E-state index contributed by atoms with van der Waals surface area (Å²) in [6.07, 6.45) is 0. The fraction of sp³-hybridized carbons (Fsp3) is 0.200. The predicted octanol–water partition coefficient (Wildman–Crippen LogP) is 3.16. The first-order valence-corrected chi connectivity index (χ1v) is 6.11. The zero-order chi connectivity index (χ0) is 14.9. The average Bonchev–Trinajstić information content (AvgIpc) is 2.71. The monoisotopic (exact) mass is 273 g/mol. The molecule has 1 aromatic heterocycles. The van der Waals surface area contributed by atoms with E-state index in [0.717, 1.165) is 5.56 Å². The molecule has 2 aromatic rings. The van der Waals surface area contributed by atoms with Crippen LogP contribution in [0.2, 0.25) is 0 Å². The fourth-order valence-electron chi connectivity index (χ4n) is 1.94. The number of benzene rings is 1. The first-order valence-electron chi connectivity index (χ1n) is 6.11. The minimum atomic E-state index is -1.03. The third kappa shape index (κ3) is 2.71. The van der Waals surface area contributed by atoms with Crippen molar-refractivity contribution in [3.05, 3.63) is 52.5 Å². The van der Waals surface area contributed by atoms with Crippen molar-refractivity contribution in [3.63, 3.8) is 0 Å². The highest BCUT2D eigenvalue weighted by Crippen LogP contribution is 2.20. The summed E-state index contributed by atoms with van der Waals surface area (Å²) < 4.78 is 5.31. The Morgan fingerprint density at radius 1 is 1.15 bits per heavy atom. The fourth-order valence-corrected chi connectivity index (χ4v) is 1.94. The number of amides is 1. The number of hydrogen-bond donors (Lipinski definition) is 2. The molecule has 5 heteroatoms. The smallest absolute Gasteiger partial charge is 0.335 e. The lowest BCUT2D eigenvalue weighted by Crippen LogP contribution is -2.13. The highest BCUT2D eigenvalue weighted by atomic mass is 16.4. The summed E-state index contributed by atoms with van der Waals surface area (Å²) in [5.74, 6) is -0.156. The second-order valence-electron chi connectivity index (χ2n) is 4.62. The number of aryl methyl sites for hydroxylation is 3. The summed E-state index contributed by atoms with van der Waals surface area (Å²) in [6.45, 7) is 5.28. The number of carboxylic acid groups (broad SMARTS) is 1. The maximum Gasteiger partial charge on any atom is 0.335 e. The van der Waals surface area contributed by atoms with Crippen LogP contribution < -0.4 is 5.32 Å². The van der Waals surface area contributed by atoms with E-state index in [0.29, 0.717) is 22.8 Å². The molecule has 0 radical (unpaired) electrons. The van der Waals surface area contributed by atoms with Gasteiger partial charge in [-0.25, -0.2) is 4.79 Å². The molecule has 1 heterocycles. The normalized spacial score (nSPS) is 10.3. The van der Waals surface area contributed by atoms with Crippen molar-refractivity contribution >= 4 is 17.6 Å². The van der Waals surface area contributed by atoms with Crippen molar-refractivity contribution in [2.75, 3.05) is 5.32 Å². The van der Waals surface area contributed by atoms with Crippen molar-refractivity contribution in [2.45, 2.75) is 20.8 Å². The van der Waals surface area contributed by atoms with E-state index in [4.69, 9.17) is 9.52 Å². The number of furan rings is 1. The van der Waals surface area contributed by atoms with Gasteiger partial charge in [-0.2, -0.15) is 0 Å². The van der Waals surface area contributed by atoms with E-state index in [-0.39, 0.29) is 11.5 Å². The van der Waals surface area contributed by atoms with Crippen molar-refractivity contribution in [1.82, 2.24) is 0 Å². The molecule has 0 spiro atoms. The number of carboxylic acids is 1. The summed E-state index contributed by atoms with van der Waals surface area (Å²) in [5.41, 5.74) is 1.85. The molecule has 0 unspecified atom stereocenters. The zero-order valence-corrected chi connectivity index (χ0v) is 11.5. The van der Waals surface area contributed by atoms with E-state index in [1.165, 1.54) is 12.1 Å². The molecular formula is C15H15NO4. The summed E-state index contributed by atoms with van der Waals surface area (Å²) in [4.78, 5) is 23.1. The van der Waals surface area contributed by atoms with Gasteiger partial charge in [0.25, 0.3) is 5.91 Å². The van der Waals surface area contributed by atoms with Gasteiger partial charge in [-0.05, 0) is 44.5 Å². The Morgan fingerprint density at radius 2 is 1.85 bits per heavy atom. The van der Waals surface area contributed by atoms with E-state index in [2.05, 4.69) is 5.32 Å². The SMILES string of the molecule is Cc1cc(C(=O)Nc2cc(C(=O)O)ccc2C)c(C)o1. The van der Waals surface area contributed by atoms with E-state index >= 15 is 0 Å². The van der Waals surface area contributed by atoms with Crippen LogP contribution in [0, 0.1) is 20.8 Å². The lowest BCUT2D eigenvalue weighted by Gasteiger charge is -2.08. The van der Waals surface area contributed by atoms with Gasteiger partial charge in [0, 0.05) is 5.69 Å². The highest BCUT2D eigenvalue weighted by molar-refractivity contribution is 6.06. The Balaban J connectivity index is 2.30. The van der Waals surface area contributed by atoms with E-state index in [9.17, 15) is 9.59 Å². The molecule has 2 N–H and O–H groups in total. The molecule has 0 bridgehead atoms. The second kappa shape index (κ2) is 5.21. The maximum absolute atomic E-state index is 12.2. The average molecular weight is 273 g/mol. The van der Waals surface area contributed by atoms with Gasteiger partial charge in [-0.15, -0.1) is 0 Å². The second-order valence-corrected chi connectivity index (χ2v) is 4.62. The molecule has 5 nitrogen and oxygen atoms in total. The molecule has 0 aliphatic carbocycles. The topological polar surface area (TPSA) is 79.5 Å². The minimum absolute atomic E-state index is 0.131. The van der Waals surface area contributed by atoms with Crippen LogP contribution in [-0.2, 0) is 0 Å². The third-order valence-electron chi connectivity index (χ3n) is 3.02. The van der Waals surface area contributed by atoms with Gasteiger partial charge in [0.15, 0.2) is 0 Å². The maximum atomic E-state index is 12.2. The number of aromatic carboxylic acids is 1. The van der Waals surface area contributed by atoms with Crippen LogP contribution in [0.3, 0.4) is 0 Å². The summed E-state index contributed by atoms with van der Waals surface area (Å²) >= 11 is 0. The van der Waals surface area contributed by atoms with Gasteiger partial charge in [0.05, 0.1) is 11.1 Å². The number of rotatable bonds is 3. The van der Waals surface area contributed by atoms with Gasteiger partial charge in [0.1, 0.15) is 11.5 Å². The van der Waals surface area contributed by atoms with Crippen LogP contribution in [0.1, 0.15) is 37.8 Å². The van der Waals surface area contributed by atoms with E-state index < -0.39 is 5.97 Å². The molecular weight excluding hydrogens is 258 g/mol. The van der Waals surface area contributed by atoms with Gasteiger partial charge in [0.2, 0.25) is 0 Å². The number of hydrogen-bond acceptors (Lipinski definition) is 3. The summed E-state index contributed by atoms with van der Waals surface area (Å²) in [5, 5.41) is 11.7. The van der Waals surface area contributed by atoms with Crippen LogP contribution in [0.15, 0.2) is 28.7 Å². The standard InChI is InChI=1S/C15H15NO4/c1-8-4-5-11(15(18)19)7-13(8)16-14(17)12-6-9(2)20-10(12)3/h4-7H,1-3H3,(H,16,17)(H,18,19). The lowest BCUT2D eigenvalue weighted by molar-refractivity contribution is 0.0696. The van der Waals surface area contributed by atoms with Crippen LogP contribution in [0.4, 0.5) is 5.69 Å². The van der Waals surface area contributed by atoms with Crippen molar-refractivity contribution in [2.24, 2.45) is 0 Å². The molecule has 0 aliphatic heterocycles. The number of anilines is 1. The first-order chi connectivity index (χ1) is 9.38. The molecule has 0 atom stereocenters. The minimum Gasteiger partial charge on any atom is -0.478 e. The molecule has 1 aromatic carbocycles. The lowest BCUT2D eigenvalue weighted by atomic mass is 10.1. The van der Waals surface area contributed by atoms with Crippen LogP contribution in [0.25, 0.3) is 0 Å². The Morgan fingerprint density at radius 3 is 2.40 bits per heavy atom. The first kappa shape index (κ1) is 13.9. The third-order valence-corrected chi connectivity index (χ3v) is 3.02. The molecule has 20 heavy (non-hydrogen) atoms. The molecule has 0 fully saturated rings. The number of carbonyl (C=O) groups is 2. The highest BCUT2D eigenvalue weighted by Gasteiger charge is 2.15. The van der Waals surface area contributed by atoms with Crippen LogP contribution in [0.5, 0.6) is 0 Å². The van der Waals surface area contributed by atoms with Gasteiger partial charge < -0.3 is 14.8 Å². The Bertz CT molecular complexity index is 685. The van der Waals surface area contributed by atoms with Crippen molar-refractivity contribution in [3.8, 4) is 0 Å². The number of nitrogens with one attached hydrogen (secondary N) is 1. The summed E-state index contributed by atoms with van der Waals surface area (Å²) in [7, 11) is 0. The van der Waals surface area contributed by atoms with E-state index in [1.807, 2.05) is 0 Å². The Hall–Kier alpha value is -2.56. The van der Waals surface area contributed by atoms with Gasteiger partial charge in [-0.3, -0.25) is 4.79 Å².